The standard InChI is InChI=1S/C6H5BBrN2O/c8-5-1-2-9-6(3-5)10-7-4-11/h1-4H,(H,9,10). The zero-order valence-electron chi connectivity index (χ0n) is 5.62. The molecular formula is C6H5BBrN2O. The minimum atomic E-state index is 0.645. The highest BCUT2D eigenvalue weighted by atomic mass is 79.9. The van der Waals surface area contributed by atoms with Crippen molar-refractivity contribution >= 4 is 35.3 Å². The molecule has 1 aromatic rings. The van der Waals surface area contributed by atoms with Gasteiger partial charge < -0.3 is 10.0 Å². The van der Waals surface area contributed by atoms with E-state index < -0.39 is 0 Å². The van der Waals surface area contributed by atoms with Crippen molar-refractivity contribution < 1.29 is 4.79 Å². The number of aromatic nitrogens is 1. The van der Waals surface area contributed by atoms with Crippen LogP contribution in [0.2, 0.25) is 0 Å². The summed E-state index contributed by atoms with van der Waals surface area (Å²) in [6.45, 7) is 0. The van der Waals surface area contributed by atoms with E-state index in [2.05, 4.69) is 26.1 Å². The quantitative estimate of drug-likeness (QED) is 0.601. The Morgan fingerprint density at radius 1 is 1.73 bits per heavy atom. The SMILES string of the molecule is O=C[B]Nc1cc(Br)ccn1. The first kappa shape index (κ1) is 8.26. The van der Waals surface area contributed by atoms with Crippen molar-refractivity contribution in [2.45, 2.75) is 0 Å². The van der Waals surface area contributed by atoms with Crippen LogP contribution in [-0.4, -0.2) is 18.6 Å². The second kappa shape index (κ2) is 4.13. The van der Waals surface area contributed by atoms with Crippen molar-refractivity contribution in [3.8, 4) is 0 Å². The zero-order chi connectivity index (χ0) is 8.10. The van der Waals surface area contributed by atoms with Gasteiger partial charge in [-0.05, 0) is 12.1 Å². The number of nitrogens with zero attached hydrogens (tertiary/aromatic N) is 1. The van der Waals surface area contributed by atoms with E-state index in [1.165, 1.54) is 7.41 Å². The monoisotopic (exact) mass is 211 g/mol. The van der Waals surface area contributed by atoms with Crippen LogP contribution in [0.1, 0.15) is 0 Å². The number of nitrogens with one attached hydrogen (secondary N) is 1. The largest absolute Gasteiger partial charge is 0.410 e. The topological polar surface area (TPSA) is 42.0 Å². The molecule has 1 N–H and O–H groups in total. The van der Waals surface area contributed by atoms with Crippen LogP contribution in [0.25, 0.3) is 0 Å². The molecule has 1 radical (unpaired) electrons. The third-order valence-electron chi connectivity index (χ3n) is 1.02. The van der Waals surface area contributed by atoms with E-state index in [-0.39, 0.29) is 0 Å². The summed E-state index contributed by atoms with van der Waals surface area (Å²) in [6, 6.07) is 3.59. The normalized spacial score (nSPS) is 8.82. The summed E-state index contributed by atoms with van der Waals surface area (Å²) in [5.74, 6) is 0.645. The van der Waals surface area contributed by atoms with Gasteiger partial charge in [0, 0.05) is 10.7 Å². The fourth-order valence-corrected chi connectivity index (χ4v) is 0.938. The Labute approximate surface area is 73.6 Å². The summed E-state index contributed by atoms with van der Waals surface area (Å²) < 4.78 is 0.925. The summed E-state index contributed by atoms with van der Waals surface area (Å²) in [5.41, 5.74) is 0. The number of carbonyl (C=O) groups is 1. The fraction of sp³-hybridized carbons (Fsp3) is 0. The van der Waals surface area contributed by atoms with E-state index in [9.17, 15) is 4.79 Å². The number of pyridine rings is 1. The number of carbonyl (C=O) groups excluding carboxylic acids is 1. The molecule has 0 bridgehead atoms. The molecule has 0 aliphatic rings. The third kappa shape index (κ3) is 2.71. The Balaban J connectivity index is 2.63. The molecule has 0 saturated carbocycles. The molecule has 0 saturated heterocycles. The first-order chi connectivity index (χ1) is 5.33. The third-order valence-corrected chi connectivity index (χ3v) is 1.51. The van der Waals surface area contributed by atoms with Crippen molar-refractivity contribution in [1.29, 1.82) is 0 Å². The molecular weight excluding hydrogens is 207 g/mol. The maximum Gasteiger partial charge on any atom is 0.327 e. The predicted octanol–water partition coefficient (Wildman–Crippen LogP) is 1.07. The lowest BCUT2D eigenvalue weighted by Gasteiger charge is -1.98. The van der Waals surface area contributed by atoms with E-state index in [1.807, 2.05) is 6.07 Å². The van der Waals surface area contributed by atoms with Gasteiger partial charge in [-0.3, -0.25) is 0 Å². The summed E-state index contributed by atoms with van der Waals surface area (Å²) in [6.07, 6.45) is 2.31. The molecule has 0 amide bonds. The Morgan fingerprint density at radius 2 is 2.55 bits per heavy atom. The van der Waals surface area contributed by atoms with Gasteiger partial charge in [0.2, 0.25) is 0 Å². The van der Waals surface area contributed by atoms with Gasteiger partial charge >= 0.3 is 7.41 Å². The van der Waals surface area contributed by atoms with Gasteiger partial charge in [-0.2, -0.15) is 0 Å². The molecule has 0 aliphatic heterocycles. The van der Waals surface area contributed by atoms with E-state index in [4.69, 9.17) is 0 Å². The second-order valence-electron chi connectivity index (χ2n) is 1.81. The van der Waals surface area contributed by atoms with E-state index >= 15 is 0 Å². The van der Waals surface area contributed by atoms with Crippen LogP contribution in [-0.2, 0) is 4.79 Å². The lowest BCUT2D eigenvalue weighted by atomic mass is 9.99. The average molecular weight is 212 g/mol. The molecule has 3 nitrogen and oxygen atoms in total. The number of rotatable bonds is 3. The van der Waals surface area contributed by atoms with Crippen LogP contribution >= 0.6 is 15.9 Å². The Bertz CT molecular complexity index is 256. The van der Waals surface area contributed by atoms with E-state index in [0.717, 1.165) is 4.47 Å². The summed E-state index contributed by atoms with van der Waals surface area (Å²) in [7, 11) is 1.29. The molecule has 1 rings (SSSR count). The van der Waals surface area contributed by atoms with Crippen molar-refractivity contribution in [3.63, 3.8) is 0 Å². The highest BCUT2D eigenvalue weighted by molar-refractivity contribution is 9.10. The Morgan fingerprint density at radius 3 is 3.18 bits per heavy atom. The molecule has 1 heterocycles. The Hall–Kier alpha value is -0.835. The molecule has 0 unspecified atom stereocenters. The molecule has 0 spiro atoms. The lowest BCUT2D eigenvalue weighted by Crippen LogP contribution is -2.08. The maximum atomic E-state index is 9.91. The predicted molar refractivity (Wildman–Crippen MR) is 48.1 cm³/mol. The van der Waals surface area contributed by atoms with Gasteiger partial charge in [0.1, 0.15) is 12.0 Å². The summed E-state index contributed by atoms with van der Waals surface area (Å²) in [4.78, 5) is 13.9. The highest BCUT2D eigenvalue weighted by Gasteiger charge is 1.93. The highest BCUT2D eigenvalue weighted by Crippen LogP contribution is 2.11. The minimum absolute atomic E-state index is 0.645. The molecule has 5 heteroatoms. The van der Waals surface area contributed by atoms with Gasteiger partial charge in [-0.25, -0.2) is 4.98 Å². The Kier molecular flexibility index (Phi) is 3.10. The van der Waals surface area contributed by atoms with Crippen molar-refractivity contribution in [3.05, 3.63) is 22.8 Å². The molecule has 0 fully saturated rings. The van der Waals surface area contributed by atoms with Gasteiger partial charge in [-0.1, -0.05) is 15.9 Å². The van der Waals surface area contributed by atoms with Crippen LogP contribution in [0, 0.1) is 0 Å². The molecule has 1 aromatic heterocycles. The van der Waals surface area contributed by atoms with Crippen molar-refractivity contribution in [2.75, 3.05) is 5.23 Å². The molecule has 11 heavy (non-hydrogen) atoms. The summed E-state index contributed by atoms with van der Waals surface area (Å²) in [5, 5.41) is 2.70. The van der Waals surface area contributed by atoms with Gasteiger partial charge in [0.25, 0.3) is 0 Å². The van der Waals surface area contributed by atoms with E-state index in [0.29, 0.717) is 12.0 Å². The van der Waals surface area contributed by atoms with Gasteiger partial charge in [0.05, 0.1) is 0 Å². The van der Waals surface area contributed by atoms with Crippen molar-refractivity contribution in [2.24, 2.45) is 0 Å². The first-order valence-corrected chi connectivity index (χ1v) is 3.77. The summed E-state index contributed by atoms with van der Waals surface area (Å²) >= 11 is 3.27. The average Bonchev–Trinajstić information content (AvgIpc) is 2.01. The van der Waals surface area contributed by atoms with Gasteiger partial charge in [0.15, 0.2) is 0 Å². The number of halogens is 1. The van der Waals surface area contributed by atoms with Crippen LogP contribution in [0.5, 0.6) is 0 Å². The van der Waals surface area contributed by atoms with Crippen molar-refractivity contribution in [1.82, 2.24) is 4.98 Å². The molecule has 55 valence electrons. The van der Waals surface area contributed by atoms with Crippen LogP contribution in [0.4, 0.5) is 5.82 Å². The first-order valence-electron chi connectivity index (χ1n) is 2.98. The number of hydrogen-bond donors (Lipinski definition) is 1. The van der Waals surface area contributed by atoms with Gasteiger partial charge in [-0.15, -0.1) is 0 Å². The second-order valence-corrected chi connectivity index (χ2v) is 2.72. The number of hydrogen-bond acceptors (Lipinski definition) is 3. The number of anilines is 1. The molecule has 0 aromatic carbocycles. The smallest absolute Gasteiger partial charge is 0.327 e. The maximum absolute atomic E-state index is 9.91. The zero-order valence-corrected chi connectivity index (χ0v) is 7.21. The van der Waals surface area contributed by atoms with Crippen LogP contribution in [0.3, 0.4) is 0 Å². The van der Waals surface area contributed by atoms with E-state index in [1.54, 1.807) is 12.3 Å². The molecule has 0 atom stereocenters. The van der Waals surface area contributed by atoms with Crippen LogP contribution < -0.4 is 5.23 Å². The molecule has 0 aliphatic carbocycles. The lowest BCUT2D eigenvalue weighted by molar-refractivity contribution is 0.568. The van der Waals surface area contributed by atoms with Crippen LogP contribution in [0.15, 0.2) is 22.8 Å². The minimum Gasteiger partial charge on any atom is -0.410 e. The fourth-order valence-electron chi connectivity index (χ4n) is 0.603.